The number of benzene rings is 1. The van der Waals surface area contributed by atoms with Crippen molar-refractivity contribution in [1.82, 2.24) is 10.2 Å². The van der Waals surface area contributed by atoms with Gasteiger partial charge in [-0.25, -0.2) is 4.79 Å². The van der Waals surface area contributed by atoms with Crippen LogP contribution in [0, 0.1) is 5.92 Å². The largest absolute Gasteiger partial charge is 0.484 e. The van der Waals surface area contributed by atoms with E-state index in [1.165, 1.54) is 31.7 Å². The molecule has 29 heavy (non-hydrogen) atoms. The van der Waals surface area contributed by atoms with Gasteiger partial charge in [0.05, 0.1) is 0 Å². The molecule has 1 aliphatic carbocycles. The van der Waals surface area contributed by atoms with Gasteiger partial charge in [-0.05, 0) is 55.8 Å². The van der Waals surface area contributed by atoms with E-state index in [0.29, 0.717) is 23.8 Å². The van der Waals surface area contributed by atoms with E-state index in [0.717, 1.165) is 42.9 Å². The first-order chi connectivity index (χ1) is 14.1. The first-order valence-electron chi connectivity index (χ1n) is 10.8. The number of ether oxygens (including phenoxy) is 1. The highest BCUT2D eigenvalue weighted by Crippen LogP contribution is 2.28. The number of nitrogens with one attached hydrogen (secondary N) is 1. The molecular weight excluding hydrogens is 368 g/mol. The van der Waals surface area contributed by atoms with Gasteiger partial charge < -0.3 is 19.4 Å². The molecule has 1 amide bonds. The molecule has 6 nitrogen and oxygen atoms in total. The summed E-state index contributed by atoms with van der Waals surface area (Å²) in [5.41, 5.74) is 1.07. The molecule has 2 fully saturated rings. The number of carbonyl (C=O) groups excluding carboxylic acids is 1. The lowest BCUT2D eigenvalue weighted by molar-refractivity contribution is -0.123. The molecule has 0 spiro atoms. The molecule has 2 heterocycles. The van der Waals surface area contributed by atoms with Gasteiger partial charge in [-0.3, -0.25) is 4.79 Å². The van der Waals surface area contributed by atoms with Crippen LogP contribution in [0.2, 0.25) is 0 Å². The third-order valence-electron chi connectivity index (χ3n) is 6.30. The van der Waals surface area contributed by atoms with Crippen LogP contribution in [0.3, 0.4) is 0 Å². The molecule has 1 aliphatic heterocycles. The van der Waals surface area contributed by atoms with E-state index in [1.807, 2.05) is 19.1 Å². The monoisotopic (exact) mass is 398 g/mol. The molecule has 1 aromatic carbocycles. The predicted molar refractivity (Wildman–Crippen MR) is 112 cm³/mol. The van der Waals surface area contributed by atoms with Crippen molar-refractivity contribution in [3.05, 3.63) is 40.2 Å². The summed E-state index contributed by atoms with van der Waals surface area (Å²) in [6, 6.07) is 7.65. The summed E-state index contributed by atoms with van der Waals surface area (Å²) in [6.07, 6.45) is 7.29. The number of amides is 1. The predicted octanol–water partition coefficient (Wildman–Crippen LogP) is 3.11. The van der Waals surface area contributed by atoms with Crippen molar-refractivity contribution in [2.75, 3.05) is 26.2 Å². The van der Waals surface area contributed by atoms with Crippen LogP contribution in [-0.4, -0.2) is 43.1 Å². The Kier molecular flexibility index (Phi) is 6.19. The van der Waals surface area contributed by atoms with Gasteiger partial charge in [0.25, 0.3) is 5.91 Å². The number of nitrogens with zero attached hydrogens (tertiary/aromatic N) is 1. The van der Waals surface area contributed by atoms with Gasteiger partial charge in [0, 0.05) is 36.7 Å². The smallest absolute Gasteiger partial charge is 0.336 e. The van der Waals surface area contributed by atoms with E-state index >= 15 is 0 Å². The lowest BCUT2D eigenvalue weighted by Gasteiger charge is -2.23. The molecule has 1 saturated carbocycles. The van der Waals surface area contributed by atoms with Crippen molar-refractivity contribution in [1.29, 1.82) is 0 Å². The van der Waals surface area contributed by atoms with E-state index < -0.39 is 0 Å². The molecule has 2 aliphatic rings. The number of aryl methyl sites for hydroxylation is 1. The molecular formula is C23H30N2O4. The van der Waals surface area contributed by atoms with Crippen LogP contribution in [0.15, 0.2) is 33.5 Å². The zero-order chi connectivity index (χ0) is 20.2. The maximum Gasteiger partial charge on any atom is 0.336 e. The van der Waals surface area contributed by atoms with Crippen LogP contribution in [-0.2, 0) is 11.2 Å². The summed E-state index contributed by atoms with van der Waals surface area (Å²) in [7, 11) is 0. The molecule has 1 saturated heterocycles. The maximum absolute atomic E-state index is 12.2. The molecule has 1 unspecified atom stereocenters. The van der Waals surface area contributed by atoms with E-state index in [1.54, 1.807) is 6.07 Å². The van der Waals surface area contributed by atoms with Crippen molar-refractivity contribution < 1.29 is 13.9 Å². The summed E-state index contributed by atoms with van der Waals surface area (Å²) in [5, 5.41) is 3.91. The molecule has 4 rings (SSSR count). The Morgan fingerprint density at radius 1 is 1.24 bits per heavy atom. The quantitative estimate of drug-likeness (QED) is 0.726. The third-order valence-corrected chi connectivity index (χ3v) is 6.30. The van der Waals surface area contributed by atoms with Crippen molar-refractivity contribution in [3.8, 4) is 5.75 Å². The average molecular weight is 399 g/mol. The summed E-state index contributed by atoms with van der Waals surface area (Å²) >= 11 is 0. The maximum atomic E-state index is 12.2. The number of hydrogen-bond donors (Lipinski definition) is 1. The SMILES string of the molecule is CCc1cc(=O)oc2cc(OCC(=O)NCC3CCN(C4CCCC4)C3)ccc12. The Balaban J connectivity index is 1.26. The van der Waals surface area contributed by atoms with Crippen LogP contribution in [0.4, 0.5) is 0 Å². The highest BCUT2D eigenvalue weighted by Gasteiger charge is 2.29. The molecule has 156 valence electrons. The van der Waals surface area contributed by atoms with E-state index in [4.69, 9.17) is 9.15 Å². The fraction of sp³-hybridized carbons (Fsp3) is 0.565. The van der Waals surface area contributed by atoms with Crippen LogP contribution in [0.1, 0.15) is 44.6 Å². The van der Waals surface area contributed by atoms with Crippen LogP contribution < -0.4 is 15.7 Å². The summed E-state index contributed by atoms with van der Waals surface area (Å²) < 4.78 is 10.9. The van der Waals surface area contributed by atoms with E-state index in [9.17, 15) is 9.59 Å². The molecule has 1 aromatic heterocycles. The fourth-order valence-electron chi connectivity index (χ4n) is 4.68. The second-order valence-electron chi connectivity index (χ2n) is 8.28. The zero-order valence-electron chi connectivity index (χ0n) is 17.1. The molecule has 1 atom stereocenters. The van der Waals surface area contributed by atoms with Gasteiger partial charge in [0.1, 0.15) is 11.3 Å². The van der Waals surface area contributed by atoms with Crippen molar-refractivity contribution in [2.45, 2.75) is 51.5 Å². The number of rotatable bonds is 7. The second kappa shape index (κ2) is 8.99. The lowest BCUT2D eigenvalue weighted by atomic mass is 10.1. The van der Waals surface area contributed by atoms with Gasteiger partial charge in [-0.15, -0.1) is 0 Å². The standard InChI is InChI=1S/C23H30N2O4/c1-2-17-11-23(27)29-21-12-19(7-8-20(17)21)28-15-22(26)24-13-16-9-10-25(14-16)18-5-3-4-6-18/h7-8,11-12,16,18H,2-6,9-10,13-15H2,1H3,(H,24,26). The normalized spacial score (nSPS) is 20.4. The Labute approximate surface area is 171 Å². The molecule has 0 bridgehead atoms. The van der Waals surface area contributed by atoms with Gasteiger partial charge in [0.2, 0.25) is 0 Å². The highest BCUT2D eigenvalue weighted by atomic mass is 16.5. The Hall–Kier alpha value is -2.34. The summed E-state index contributed by atoms with van der Waals surface area (Å²) in [4.78, 5) is 26.5. The van der Waals surface area contributed by atoms with Crippen molar-refractivity contribution in [3.63, 3.8) is 0 Å². The van der Waals surface area contributed by atoms with Crippen molar-refractivity contribution >= 4 is 16.9 Å². The van der Waals surface area contributed by atoms with Gasteiger partial charge >= 0.3 is 5.63 Å². The minimum absolute atomic E-state index is 0.0394. The molecule has 1 N–H and O–H groups in total. The molecule has 2 aromatic rings. The Morgan fingerprint density at radius 2 is 2.07 bits per heavy atom. The Bertz CT molecular complexity index is 917. The van der Waals surface area contributed by atoms with Crippen molar-refractivity contribution in [2.24, 2.45) is 5.92 Å². The van der Waals surface area contributed by atoms with Gasteiger partial charge in [-0.1, -0.05) is 19.8 Å². The summed E-state index contributed by atoms with van der Waals surface area (Å²) in [6.45, 7) is 4.92. The van der Waals surface area contributed by atoms with E-state index in [2.05, 4.69) is 10.2 Å². The number of likely N-dealkylation sites (tertiary alicyclic amines) is 1. The van der Waals surface area contributed by atoms with Gasteiger partial charge in [0.15, 0.2) is 6.61 Å². The molecule has 6 heteroatoms. The summed E-state index contributed by atoms with van der Waals surface area (Å²) in [5.74, 6) is 0.937. The molecule has 0 radical (unpaired) electrons. The lowest BCUT2D eigenvalue weighted by Crippen LogP contribution is -2.35. The first-order valence-corrected chi connectivity index (χ1v) is 10.8. The van der Waals surface area contributed by atoms with Crippen LogP contribution in [0.5, 0.6) is 5.75 Å². The Morgan fingerprint density at radius 3 is 2.86 bits per heavy atom. The highest BCUT2D eigenvalue weighted by molar-refractivity contribution is 5.82. The number of fused-ring (bicyclic) bond motifs is 1. The van der Waals surface area contributed by atoms with Crippen LogP contribution in [0.25, 0.3) is 11.0 Å². The average Bonchev–Trinajstić information content (AvgIpc) is 3.41. The number of carbonyl (C=O) groups is 1. The third kappa shape index (κ3) is 4.81. The second-order valence-corrected chi connectivity index (χ2v) is 8.28. The minimum Gasteiger partial charge on any atom is -0.484 e. The van der Waals surface area contributed by atoms with Gasteiger partial charge in [-0.2, -0.15) is 0 Å². The first kappa shape index (κ1) is 20.0. The minimum atomic E-state index is -0.368. The number of hydrogen-bond acceptors (Lipinski definition) is 5. The zero-order valence-corrected chi connectivity index (χ0v) is 17.1. The van der Waals surface area contributed by atoms with Crippen LogP contribution >= 0.6 is 0 Å². The fourth-order valence-corrected chi connectivity index (χ4v) is 4.68. The van der Waals surface area contributed by atoms with E-state index in [-0.39, 0.29) is 18.1 Å². The topological polar surface area (TPSA) is 71.8 Å².